The molecule has 0 amide bonds. The summed E-state index contributed by atoms with van der Waals surface area (Å²) in [6, 6.07) is 9.39. The molecule has 3 unspecified atom stereocenters. The molecular weight excluding hydrogens is 463 g/mol. The number of carbonyl (C=O) groups is 4. The minimum atomic E-state index is -1.13. The molecule has 10 heteroatoms. The first-order chi connectivity index (χ1) is 14.2. The maximum atomic E-state index is 11.8. The van der Waals surface area contributed by atoms with Crippen molar-refractivity contribution in [3.63, 3.8) is 0 Å². The molecule has 1 aliphatic rings. The van der Waals surface area contributed by atoms with Crippen molar-refractivity contribution < 1.29 is 42.9 Å². The van der Waals surface area contributed by atoms with E-state index in [-0.39, 0.29) is 21.6 Å². The van der Waals surface area contributed by atoms with Gasteiger partial charge in [0.1, 0.15) is 0 Å². The normalized spacial score (nSPS) is 25.7. The van der Waals surface area contributed by atoms with E-state index in [2.05, 4.69) is 0 Å². The SMILES string of the molecule is CC(=O)OCC1O[C@@H]([Se]c2ccccc2)C(OC(C)=O)C(OC(C)=O)[C@@H]1OC(C)=O. The van der Waals surface area contributed by atoms with E-state index in [1.165, 1.54) is 27.7 Å². The zero-order valence-corrected chi connectivity index (χ0v) is 18.8. The molecule has 0 spiro atoms. The second-order valence-electron chi connectivity index (χ2n) is 6.50. The fourth-order valence-electron chi connectivity index (χ4n) is 2.92. The molecular formula is C20H24O9Se. The quantitative estimate of drug-likeness (QED) is 0.300. The fourth-order valence-corrected chi connectivity index (χ4v) is 5.28. The van der Waals surface area contributed by atoms with E-state index in [9.17, 15) is 19.2 Å². The van der Waals surface area contributed by atoms with Crippen LogP contribution in [0.4, 0.5) is 0 Å². The van der Waals surface area contributed by atoms with Crippen LogP contribution >= 0.6 is 0 Å². The van der Waals surface area contributed by atoms with Crippen molar-refractivity contribution in [1.29, 1.82) is 0 Å². The van der Waals surface area contributed by atoms with Gasteiger partial charge in [0.25, 0.3) is 0 Å². The summed E-state index contributed by atoms with van der Waals surface area (Å²) < 4.78 is 28.3. The summed E-state index contributed by atoms with van der Waals surface area (Å²) in [5.74, 6) is -2.44. The number of rotatable bonds is 7. The zero-order valence-electron chi connectivity index (χ0n) is 17.1. The van der Waals surface area contributed by atoms with Crippen LogP contribution in [0.5, 0.6) is 0 Å². The average Bonchev–Trinajstić information content (AvgIpc) is 2.64. The van der Waals surface area contributed by atoms with Gasteiger partial charge in [-0.05, 0) is 0 Å². The van der Waals surface area contributed by atoms with Crippen molar-refractivity contribution >= 4 is 43.3 Å². The second kappa shape index (κ2) is 11.1. The number of esters is 4. The Balaban J connectivity index is 2.42. The molecule has 1 saturated heterocycles. The van der Waals surface area contributed by atoms with Gasteiger partial charge in [-0.25, -0.2) is 0 Å². The van der Waals surface area contributed by atoms with Crippen molar-refractivity contribution in [2.24, 2.45) is 0 Å². The van der Waals surface area contributed by atoms with Crippen molar-refractivity contribution in [2.45, 2.75) is 57.1 Å². The summed E-state index contributed by atoms with van der Waals surface area (Å²) in [5, 5.41) is -0.680. The number of hydrogen-bond donors (Lipinski definition) is 0. The maximum absolute atomic E-state index is 11.8. The van der Waals surface area contributed by atoms with E-state index in [0.29, 0.717) is 0 Å². The fraction of sp³-hybridized carbons (Fsp3) is 0.500. The molecule has 2 rings (SSSR count). The van der Waals surface area contributed by atoms with E-state index >= 15 is 0 Å². The molecule has 0 radical (unpaired) electrons. The van der Waals surface area contributed by atoms with Gasteiger partial charge < -0.3 is 0 Å². The van der Waals surface area contributed by atoms with E-state index < -0.39 is 53.3 Å². The third-order valence-corrected chi connectivity index (χ3v) is 6.37. The summed E-state index contributed by atoms with van der Waals surface area (Å²) in [4.78, 5) is 46.6. The number of carbonyl (C=O) groups excluding carboxylic acids is 4. The summed E-state index contributed by atoms with van der Waals surface area (Å²) >= 11 is -0.366. The van der Waals surface area contributed by atoms with Gasteiger partial charge in [-0.3, -0.25) is 0 Å². The third kappa shape index (κ3) is 7.12. The molecule has 0 bridgehead atoms. The van der Waals surface area contributed by atoms with Crippen LogP contribution in [0.25, 0.3) is 0 Å². The molecule has 1 aromatic rings. The van der Waals surface area contributed by atoms with Crippen LogP contribution in [0, 0.1) is 0 Å². The molecule has 0 aliphatic carbocycles. The molecule has 5 atom stereocenters. The molecule has 0 N–H and O–H groups in total. The van der Waals surface area contributed by atoms with Gasteiger partial charge in [0, 0.05) is 0 Å². The first-order valence-electron chi connectivity index (χ1n) is 9.19. The Bertz CT molecular complexity index is 767. The Hall–Kier alpha value is -2.42. The van der Waals surface area contributed by atoms with Gasteiger partial charge in [-0.2, -0.15) is 0 Å². The van der Waals surface area contributed by atoms with Gasteiger partial charge >= 0.3 is 180 Å². The van der Waals surface area contributed by atoms with Crippen LogP contribution in [-0.4, -0.2) is 74.9 Å². The number of ether oxygens (including phenoxy) is 5. The van der Waals surface area contributed by atoms with Gasteiger partial charge in [-0.1, -0.05) is 0 Å². The van der Waals surface area contributed by atoms with E-state index in [0.717, 1.165) is 4.46 Å². The molecule has 0 aromatic heterocycles. The standard InChI is InChI=1S/C20H24O9Se/c1-11(21)25-10-16-17(26-12(2)22)18(27-13(3)23)19(28-14(4)24)20(29-16)30-15-8-6-5-7-9-15/h5-9,16-20H,10H2,1-4H3/t16?,17-,18?,19?,20+/m1/s1. The predicted octanol–water partition coefficient (Wildman–Crippen LogP) is 0.0992. The van der Waals surface area contributed by atoms with Crippen LogP contribution in [0.1, 0.15) is 27.7 Å². The average molecular weight is 487 g/mol. The zero-order chi connectivity index (χ0) is 22.3. The third-order valence-electron chi connectivity index (χ3n) is 3.94. The first kappa shape index (κ1) is 23.9. The molecule has 1 aromatic carbocycles. The van der Waals surface area contributed by atoms with Gasteiger partial charge in [0.15, 0.2) is 0 Å². The van der Waals surface area contributed by atoms with E-state index in [4.69, 9.17) is 23.7 Å². The Morgan fingerprint density at radius 2 is 1.33 bits per heavy atom. The Morgan fingerprint density at radius 1 is 0.800 bits per heavy atom. The van der Waals surface area contributed by atoms with Crippen molar-refractivity contribution in [3.05, 3.63) is 30.3 Å². The number of hydrogen-bond acceptors (Lipinski definition) is 9. The van der Waals surface area contributed by atoms with Crippen LogP contribution in [0.3, 0.4) is 0 Å². The van der Waals surface area contributed by atoms with Gasteiger partial charge in [0.05, 0.1) is 0 Å². The van der Waals surface area contributed by atoms with Crippen molar-refractivity contribution in [2.75, 3.05) is 6.61 Å². The molecule has 9 nitrogen and oxygen atoms in total. The summed E-state index contributed by atoms with van der Waals surface area (Å²) in [5.41, 5.74) is 0. The van der Waals surface area contributed by atoms with Crippen LogP contribution in [0.2, 0.25) is 0 Å². The molecule has 1 aliphatic heterocycles. The summed E-state index contributed by atoms with van der Waals surface area (Å²) in [6.07, 6.45) is -4.17. The van der Waals surface area contributed by atoms with Crippen molar-refractivity contribution in [3.8, 4) is 0 Å². The van der Waals surface area contributed by atoms with Crippen LogP contribution < -0.4 is 4.46 Å². The molecule has 0 saturated carbocycles. The monoisotopic (exact) mass is 488 g/mol. The molecule has 30 heavy (non-hydrogen) atoms. The topological polar surface area (TPSA) is 114 Å². The Kier molecular flexibility index (Phi) is 8.83. The van der Waals surface area contributed by atoms with Crippen LogP contribution in [0.15, 0.2) is 30.3 Å². The Morgan fingerprint density at radius 3 is 1.87 bits per heavy atom. The molecule has 164 valence electrons. The summed E-state index contributed by atoms with van der Waals surface area (Å²) in [7, 11) is 0. The predicted molar refractivity (Wildman–Crippen MR) is 104 cm³/mol. The van der Waals surface area contributed by atoms with Crippen LogP contribution in [-0.2, 0) is 42.9 Å². The summed E-state index contributed by atoms with van der Waals surface area (Å²) in [6.45, 7) is 4.63. The van der Waals surface area contributed by atoms with Gasteiger partial charge in [0.2, 0.25) is 0 Å². The minimum absolute atomic E-state index is 0.223. The Labute approximate surface area is 180 Å². The van der Waals surface area contributed by atoms with E-state index in [1.54, 1.807) is 0 Å². The second-order valence-corrected chi connectivity index (χ2v) is 8.96. The molecule has 1 heterocycles. The molecule has 1 fully saturated rings. The first-order valence-corrected chi connectivity index (χ1v) is 11.0. The number of benzene rings is 1. The van der Waals surface area contributed by atoms with Crippen molar-refractivity contribution in [1.82, 2.24) is 0 Å². The van der Waals surface area contributed by atoms with Gasteiger partial charge in [-0.15, -0.1) is 0 Å². The van der Waals surface area contributed by atoms with E-state index in [1.807, 2.05) is 30.3 Å².